The molecule has 0 heterocycles. The first-order valence-electron chi connectivity index (χ1n) is 9.69. The Bertz CT molecular complexity index is 1360. The number of hydrogen-bond donors (Lipinski definition) is 1. The lowest BCUT2D eigenvalue weighted by Crippen LogP contribution is -2.39. The highest BCUT2D eigenvalue weighted by Crippen LogP contribution is 2.28. The van der Waals surface area contributed by atoms with Gasteiger partial charge in [-0.25, -0.2) is 13.8 Å². The Hall–Kier alpha value is -3.47. The van der Waals surface area contributed by atoms with Crippen LogP contribution >= 0.6 is 23.2 Å². The molecule has 0 aliphatic heterocycles. The molecule has 0 fully saturated rings. The summed E-state index contributed by atoms with van der Waals surface area (Å²) >= 11 is 12.2. The molecule has 0 bridgehead atoms. The number of halogens is 2. The molecule has 0 atom stereocenters. The van der Waals surface area contributed by atoms with Crippen LogP contribution in [0.1, 0.15) is 11.1 Å². The van der Waals surface area contributed by atoms with Gasteiger partial charge in [-0.15, -0.1) is 0 Å². The van der Waals surface area contributed by atoms with E-state index in [4.69, 9.17) is 23.2 Å². The molecule has 176 valence electrons. The van der Waals surface area contributed by atoms with E-state index >= 15 is 0 Å². The number of nitrogens with zero attached hydrogens (tertiary/aromatic N) is 3. The van der Waals surface area contributed by atoms with Crippen molar-refractivity contribution in [2.45, 2.75) is 11.8 Å². The number of hydrogen-bond acceptors (Lipinski definition) is 6. The van der Waals surface area contributed by atoms with Gasteiger partial charge in [-0.1, -0.05) is 47.5 Å². The van der Waals surface area contributed by atoms with E-state index in [1.54, 1.807) is 37.3 Å². The number of benzene rings is 3. The van der Waals surface area contributed by atoms with Crippen LogP contribution in [0.3, 0.4) is 0 Å². The van der Waals surface area contributed by atoms with Crippen molar-refractivity contribution < 1.29 is 18.1 Å². The standard InChI is InChI=1S/C22H18Cl2N4O5S/c1-15-7-8-17(12-21(15)24)27(34(32,33)19-5-3-2-4-6-19)14-22(29)26-25-13-16-11-18(28(30)31)9-10-20(16)23/h2-13H,14H2,1H3,(H,26,29)/b25-13-. The summed E-state index contributed by atoms with van der Waals surface area (Å²) in [5, 5.41) is 15.2. The molecule has 0 radical (unpaired) electrons. The van der Waals surface area contributed by atoms with Crippen LogP contribution < -0.4 is 9.73 Å². The van der Waals surface area contributed by atoms with Gasteiger partial charge >= 0.3 is 0 Å². The lowest BCUT2D eigenvalue weighted by atomic mass is 10.2. The van der Waals surface area contributed by atoms with Gasteiger partial charge in [0, 0.05) is 27.7 Å². The Morgan fingerprint density at radius 3 is 2.44 bits per heavy atom. The molecule has 1 amide bonds. The number of amides is 1. The van der Waals surface area contributed by atoms with Gasteiger partial charge in [0.2, 0.25) is 0 Å². The molecule has 3 aromatic carbocycles. The quantitative estimate of drug-likeness (QED) is 0.265. The summed E-state index contributed by atoms with van der Waals surface area (Å²) < 4.78 is 27.5. The zero-order valence-electron chi connectivity index (χ0n) is 17.7. The minimum absolute atomic E-state index is 0.00799. The number of aryl methyl sites for hydroxylation is 1. The summed E-state index contributed by atoms with van der Waals surface area (Å²) in [5.41, 5.74) is 3.16. The number of carbonyl (C=O) groups excluding carboxylic acids is 1. The van der Waals surface area contributed by atoms with E-state index in [0.29, 0.717) is 5.02 Å². The van der Waals surface area contributed by atoms with Gasteiger partial charge < -0.3 is 0 Å². The van der Waals surface area contributed by atoms with Gasteiger partial charge in [0.25, 0.3) is 21.6 Å². The molecule has 12 heteroatoms. The summed E-state index contributed by atoms with van der Waals surface area (Å²) in [6, 6.07) is 16.0. The van der Waals surface area contributed by atoms with Crippen molar-refractivity contribution in [3.05, 3.63) is 98.0 Å². The highest BCUT2D eigenvalue weighted by molar-refractivity contribution is 7.92. The van der Waals surface area contributed by atoms with E-state index < -0.39 is 27.4 Å². The fraction of sp³-hybridized carbons (Fsp3) is 0.0909. The Morgan fingerprint density at radius 2 is 1.79 bits per heavy atom. The average Bonchev–Trinajstić information content (AvgIpc) is 2.81. The normalized spacial score (nSPS) is 11.4. The van der Waals surface area contributed by atoms with Crippen molar-refractivity contribution in [1.82, 2.24) is 5.43 Å². The van der Waals surface area contributed by atoms with Crippen molar-refractivity contribution in [1.29, 1.82) is 0 Å². The minimum Gasteiger partial charge on any atom is -0.271 e. The number of nitrogens with one attached hydrogen (secondary N) is 1. The molecule has 0 spiro atoms. The third kappa shape index (κ3) is 5.90. The van der Waals surface area contributed by atoms with Gasteiger partial charge in [0.1, 0.15) is 6.54 Å². The van der Waals surface area contributed by atoms with Crippen LogP contribution in [-0.4, -0.2) is 32.0 Å². The van der Waals surface area contributed by atoms with E-state index in [-0.39, 0.29) is 26.9 Å². The number of nitro groups is 1. The predicted octanol–water partition coefficient (Wildman–Crippen LogP) is 4.56. The third-order valence-corrected chi connectivity index (χ3v) is 7.18. The average molecular weight is 521 g/mol. The van der Waals surface area contributed by atoms with Crippen molar-refractivity contribution in [2.75, 3.05) is 10.8 Å². The highest BCUT2D eigenvalue weighted by Gasteiger charge is 2.27. The monoisotopic (exact) mass is 520 g/mol. The maximum absolute atomic E-state index is 13.3. The SMILES string of the molecule is Cc1ccc(N(CC(=O)N/N=C\c2cc([N+](=O)[O-])ccc2Cl)S(=O)(=O)c2ccccc2)cc1Cl. The molecule has 0 aromatic heterocycles. The van der Waals surface area contributed by atoms with Crippen LogP contribution in [0.2, 0.25) is 10.0 Å². The number of nitro benzene ring substituents is 1. The van der Waals surface area contributed by atoms with Crippen LogP contribution in [0.15, 0.2) is 76.7 Å². The Labute approximate surface area is 205 Å². The fourth-order valence-corrected chi connectivity index (χ4v) is 4.63. The van der Waals surface area contributed by atoms with E-state index in [0.717, 1.165) is 16.1 Å². The number of rotatable bonds is 8. The van der Waals surface area contributed by atoms with Crippen LogP contribution in [-0.2, 0) is 14.8 Å². The number of carbonyl (C=O) groups is 1. The first-order chi connectivity index (χ1) is 16.1. The molecular weight excluding hydrogens is 503 g/mol. The topological polar surface area (TPSA) is 122 Å². The van der Waals surface area contributed by atoms with Crippen molar-refractivity contribution >= 4 is 56.7 Å². The van der Waals surface area contributed by atoms with Crippen LogP contribution in [0, 0.1) is 17.0 Å². The molecule has 0 unspecified atom stereocenters. The predicted molar refractivity (Wildman–Crippen MR) is 131 cm³/mol. The van der Waals surface area contributed by atoms with E-state index in [1.807, 2.05) is 0 Å². The number of anilines is 1. The second-order valence-corrected chi connectivity index (χ2v) is 9.69. The molecule has 0 saturated carbocycles. The Balaban J connectivity index is 1.86. The summed E-state index contributed by atoms with van der Waals surface area (Å²) in [5.74, 6) is -0.756. The number of sulfonamides is 1. The number of hydrazone groups is 1. The molecule has 34 heavy (non-hydrogen) atoms. The molecule has 0 aliphatic carbocycles. The molecule has 3 aromatic rings. The summed E-state index contributed by atoms with van der Waals surface area (Å²) in [4.78, 5) is 22.9. The van der Waals surface area contributed by atoms with Gasteiger partial charge in [-0.2, -0.15) is 5.10 Å². The lowest BCUT2D eigenvalue weighted by Gasteiger charge is -2.24. The van der Waals surface area contributed by atoms with Crippen LogP contribution in [0.25, 0.3) is 0 Å². The summed E-state index contributed by atoms with van der Waals surface area (Å²) in [6.45, 7) is 1.17. The minimum atomic E-state index is -4.11. The third-order valence-electron chi connectivity index (χ3n) is 4.65. The van der Waals surface area contributed by atoms with Crippen molar-refractivity contribution in [3.8, 4) is 0 Å². The Kier molecular flexibility index (Phi) is 7.87. The van der Waals surface area contributed by atoms with Crippen LogP contribution in [0.5, 0.6) is 0 Å². The molecule has 9 nitrogen and oxygen atoms in total. The van der Waals surface area contributed by atoms with Gasteiger partial charge in [0.15, 0.2) is 0 Å². The van der Waals surface area contributed by atoms with Gasteiger partial charge in [-0.05, 0) is 42.8 Å². The van der Waals surface area contributed by atoms with Crippen molar-refractivity contribution in [2.24, 2.45) is 5.10 Å². The second-order valence-electron chi connectivity index (χ2n) is 7.01. The maximum Gasteiger partial charge on any atom is 0.270 e. The molecule has 0 saturated heterocycles. The highest BCUT2D eigenvalue weighted by atomic mass is 35.5. The van der Waals surface area contributed by atoms with Gasteiger partial charge in [0.05, 0.1) is 21.7 Å². The number of non-ortho nitro benzene ring substituents is 1. The maximum atomic E-state index is 13.3. The second kappa shape index (κ2) is 10.6. The molecular formula is C22H18Cl2N4O5S. The Morgan fingerprint density at radius 1 is 1.09 bits per heavy atom. The summed E-state index contributed by atoms with van der Waals surface area (Å²) in [6.07, 6.45) is 1.13. The smallest absolute Gasteiger partial charge is 0.270 e. The largest absolute Gasteiger partial charge is 0.271 e. The van der Waals surface area contributed by atoms with E-state index in [9.17, 15) is 23.3 Å². The van der Waals surface area contributed by atoms with Gasteiger partial charge in [-0.3, -0.25) is 19.2 Å². The first-order valence-corrected chi connectivity index (χ1v) is 11.9. The zero-order valence-corrected chi connectivity index (χ0v) is 20.0. The fourth-order valence-electron chi connectivity index (χ4n) is 2.85. The zero-order chi connectivity index (χ0) is 24.9. The molecule has 0 aliphatic rings. The van der Waals surface area contributed by atoms with Crippen molar-refractivity contribution in [3.63, 3.8) is 0 Å². The molecule has 3 rings (SSSR count). The van der Waals surface area contributed by atoms with E-state index in [2.05, 4.69) is 10.5 Å². The lowest BCUT2D eigenvalue weighted by molar-refractivity contribution is -0.384. The van der Waals surface area contributed by atoms with Crippen LogP contribution in [0.4, 0.5) is 11.4 Å². The van der Waals surface area contributed by atoms with E-state index in [1.165, 1.54) is 36.4 Å². The molecule has 1 N–H and O–H groups in total. The summed E-state index contributed by atoms with van der Waals surface area (Å²) in [7, 11) is -4.11. The first kappa shape index (κ1) is 25.2.